The molecule has 3 heterocycles. The predicted molar refractivity (Wildman–Crippen MR) is 95.8 cm³/mol. The van der Waals surface area contributed by atoms with Gasteiger partial charge >= 0.3 is 0 Å². The number of ether oxygens (including phenoxy) is 2. The summed E-state index contributed by atoms with van der Waals surface area (Å²) in [5.74, 6) is 2.78. The van der Waals surface area contributed by atoms with Crippen molar-refractivity contribution < 1.29 is 9.47 Å². The summed E-state index contributed by atoms with van der Waals surface area (Å²) >= 11 is 0. The highest BCUT2D eigenvalue weighted by molar-refractivity contribution is 5.79. The van der Waals surface area contributed by atoms with Crippen LogP contribution in [0.1, 0.15) is 37.3 Å². The highest BCUT2D eigenvalue weighted by Gasteiger charge is 2.21. The maximum absolute atomic E-state index is 5.89. The third kappa shape index (κ3) is 5.40. The SMILES string of the molecule is CN=C(NCCCOC1CCOCC1)NC1CCc2nc(C)nn2C1. The molecule has 0 amide bonds. The minimum Gasteiger partial charge on any atom is -0.381 e. The molecule has 0 saturated carbocycles. The largest absolute Gasteiger partial charge is 0.381 e. The van der Waals surface area contributed by atoms with Crippen LogP contribution in [-0.4, -0.2) is 66.3 Å². The Morgan fingerprint density at radius 2 is 2.20 bits per heavy atom. The Labute approximate surface area is 149 Å². The lowest BCUT2D eigenvalue weighted by Gasteiger charge is -2.25. The monoisotopic (exact) mass is 350 g/mol. The first kappa shape index (κ1) is 18.1. The van der Waals surface area contributed by atoms with Crippen molar-refractivity contribution in [2.75, 3.05) is 33.4 Å². The number of aliphatic imine (C=N–C) groups is 1. The van der Waals surface area contributed by atoms with Crippen LogP contribution in [0, 0.1) is 6.92 Å². The molecule has 1 aromatic heterocycles. The molecule has 0 spiro atoms. The first-order valence-corrected chi connectivity index (χ1v) is 9.31. The zero-order valence-corrected chi connectivity index (χ0v) is 15.3. The minimum absolute atomic E-state index is 0.332. The Balaban J connectivity index is 1.33. The lowest BCUT2D eigenvalue weighted by Crippen LogP contribution is -2.47. The molecule has 3 rings (SSSR count). The van der Waals surface area contributed by atoms with E-state index in [2.05, 4.69) is 25.7 Å². The molecule has 1 unspecified atom stereocenters. The Kier molecular flexibility index (Phi) is 6.63. The van der Waals surface area contributed by atoms with Crippen molar-refractivity contribution in [3.63, 3.8) is 0 Å². The van der Waals surface area contributed by atoms with Gasteiger partial charge in [-0.3, -0.25) is 4.99 Å². The van der Waals surface area contributed by atoms with E-state index in [1.807, 2.05) is 18.7 Å². The second-order valence-corrected chi connectivity index (χ2v) is 6.67. The van der Waals surface area contributed by atoms with Gasteiger partial charge in [-0.05, 0) is 32.6 Å². The summed E-state index contributed by atoms with van der Waals surface area (Å²) in [6, 6.07) is 0.332. The molecule has 2 N–H and O–H groups in total. The third-order valence-corrected chi connectivity index (χ3v) is 4.66. The van der Waals surface area contributed by atoms with Crippen LogP contribution < -0.4 is 10.6 Å². The molecule has 0 radical (unpaired) electrons. The van der Waals surface area contributed by atoms with Gasteiger partial charge in [0.2, 0.25) is 0 Å². The fourth-order valence-corrected chi connectivity index (χ4v) is 3.31. The van der Waals surface area contributed by atoms with Gasteiger partial charge in [0.05, 0.1) is 12.6 Å². The van der Waals surface area contributed by atoms with Crippen LogP contribution in [0.4, 0.5) is 0 Å². The molecule has 0 aliphatic carbocycles. The molecule has 8 heteroatoms. The van der Waals surface area contributed by atoms with E-state index in [4.69, 9.17) is 9.47 Å². The molecule has 1 saturated heterocycles. The molecular formula is C17H30N6O2. The number of nitrogens with one attached hydrogen (secondary N) is 2. The van der Waals surface area contributed by atoms with Gasteiger partial charge in [-0.15, -0.1) is 0 Å². The van der Waals surface area contributed by atoms with Crippen molar-refractivity contribution in [1.29, 1.82) is 0 Å². The molecule has 1 aromatic rings. The summed E-state index contributed by atoms with van der Waals surface area (Å²) < 4.78 is 13.2. The quantitative estimate of drug-likeness (QED) is 0.445. The van der Waals surface area contributed by atoms with E-state index >= 15 is 0 Å². The van der Waals surface area contributed by atoms with Crippen molar-refractivity contribution >= 4 is 5.96 Å². The van der Waals surface area contributed by atoms with E-state index in [1.165, 1.54) is 0 Å². The number of fused-ring (bicyclic) bond motifs is 1. The van der Waals surface area contributed by atoms with Crippen molar-refractivity contribution in [2.45, 2.75) is 57.7 Å². The first-order chi connectivity index (χ1) is 12.2. The zero-order chi connectivity index (χ0) is 17.5. The van der Waals surface area contributed by atoms with Crippen molar-refractivity contribution in [3.8, 4) is 0 Å². The van der Waals surface area contributed by atoms with Crippen molar-refractivity contribution in [1.82, 2.24) is 25.4 Å². The van der Waals surface area contributed by atoms with Gasteiger partial charge in [0.1, 0.15) is 11.6 Å². The molecule has 8 nitrogen and oxygen atoms in total. The molecule has 0 bridgehead atoms. The number of guanidine groups is 1. The Hall–Kier alpha value is -1.67. The standard InChI is InChI=1S/C17H30N6O2/c1-13-20-16-5-4-14(12-23(16)22-13)21-17(18-2)19-8-3-9-25-15-6-10-24-11-7-15/h14-15H,3-12H2,1-2H3,(H2,18,19,21). The topological polar surface area (TPSA) is 85.6 Å². The van der Waals surface area contributed by atoms with Crippen LogP contribution in [0.15, 0.2) is 4.99 Å². The second kappa shape index (κ2) is 9.15. The van der Waals surface area contributed by atoms with Gasteiger partial charge in [0, 0.05) is 45.9 Å². The van der Waals surface area contributed by atoms with E-state index in [0.717, 1.165) is 82.6 Å². The van der Waals surface area contributed by atoms with E-state index in [-0.39, 0.29) is 0 Å². The van der Waals surface area contributed by atoms with Crippen LogP contribution in [-0.2, 0) is 22.4 Å². The molecule has 2 aliphatic heterocycles. The van der Waals surface area contributed by atoms with Gasteiger partial charge in [-0.1, -0.05) is 0 Å². The molecule has 1 fully saturated rings. The van der Waals surface area contributed by atoms with E-state index in [9.17, 15) is 0 Å². The summed E-state index contributed by atoms with van der Waals surface area (Å²) in [4.78, 5) is 8.77. The van der Waals surface area contributed by atoms with Crippen molar-refractivity contribution in [2.24, 2.45) is 4.99 Å². The Morgan fingerprint density at radius 1 is 1.36 bits per heavy atom. The van der Waals surface area contributed by atoms with Gasteiger partial charge in [0.15, 0.2) is 5.96 Å². The average molecular weight is 350 g/mol. The fourth-order valence-electron chi connectivity index (χ4n) is 3.31. The molecule has 0 aromatic carbocycles. The third-order valence-electron chi connectivity index (χ3n) is 4.66. The number of aryl methyl sites for hydroxylation is 2. The summed E-state index contributed by atoms with van der Waals surface area (Å²) in [6.07, 6.45) is 5.37. The first-order valence-electron chi connectivity index (χ1n) is 9.31. The number of rotatable bonds is 6. The normalized spacial score (nSPS) is 21.8. The summed E-state index contributed by atoms with van der Waals surface area (Å²) in [5.41, 5.74) is 0. The number of nitrogens with zero attached hydrogens (tertiary/aromatic N) is 4. The highest BCUT2D eigenvalue weighted by atomic mass is 16.5. The van der Waals surface area contributed by atoms with E-state index in [1.54, 1.807) is 0 Å². The lowest BCUT2D eigenvalue weighted by atomic mass is 10.1. The summed E-state index contributed by atoms with van der Waals surface area (Å²) in [5, 5.41) is 11.3. The van der Waals surface area contributed by atoms with Crippen LogP contribution in [0.5, 0.6) is 0 Å². The number of hydrogen-bond acceptors (Lipinski definition) is 5. The van der Waals surface area contributed by atoms with Gasteiger partial charge in [-0.25, -0.2) is 9.67 Å². The van der Waals surface area contributed by atoms with Gasteiger partial charge < -0.3 is 20.1 Å². The number of aromatic nitrogens is 3. The second-order valence-electron chi connectivity index (χ2n) is 6.67. The molecule has 1 atom stereocenters. The van der Waals surface area contributed by atoms with E-state index in [0.29, 0.717) is 12.1 Å². The molecule has 25 heavy (non-hydrogen) atoms. The van der Waals surface area contributed by atoms with Crippen LogP contribution in [0.3, 0.4) is 0 Å². The zero-order valence-electron chi connectivity index (χ0n) is 15.3. The summed E-state index contributed by atoms with van der Waals surface area (Å²) in [7, 11) is 1.81. The van der Waals surface area contributed by atoms with Gasteiger partial charge in [-0.2, -0.15) is 5.10 Å². The fraction of sp³-hybridized carbons (Fsp3) is 0.824. The molecule has 2 aliphatic rings. The maximum Gasteiger partial charge on any atom is 0.191 e. The lowest BCUT2D eigenvalue weighted by molar-refractivity contribution is -0.0320. The Bertz CT molecular complexity index is 567. The Morgan fingerprint density at radius 3 is 3.00 bits per heavy atom. The summed E-state index contributed by atoms with van der Waals surface area (Å²) in [6.45, 7) is 6.06. The molecular weight excluding hydrogens is 320 g/mol. The number of hydrogen-bond donors (Lipinski definition) is 2. The smallest absolute Gasteiger partial charge is 0.191 e. The van der Waals surface area contributed by atoms with E-state index < -0.39 is 0 Å². The maximum atomic E-state index is 5.89. The minimum atomic E-state index is 0.332. The van der Waals surface area contributed by atoms with Gasteiger partial charge in [0.25, 0.3) is 0 Å². The molecule has 140 valence electrons. The van der Waals surface area contributed by atoms with Crippen LogP contribution >= 0.6 is 0 Å². The van der Waals surface area contributed by atoms with Crippen LogP contribution in [0.2, 0.25) is 0 Å². The predicted octanol–water partition coefficient (Wildman–Crippen LogP) is 0.652. The highest BCUT2D eigenvalue weighted by Crippen LogP contribution is 2.13. The van der Waals surface area contributed by atoms with Crippen LogP contribution in [0.25, 0.3) is 0 Å². The van der Waals surface area contributed by atoms with Crippen molar-refractivity contribution in [3.05, 3.63) is 11.6 Å². The average Bonchev–Trinajstić information content (AvgIpc) is 3.00.